The Morgan fingerprint density at radius 3 is 2.19 bits per heavy atom. The Morgan fingerprint density at radius 2 is 1.62 bits per heavy atom. The molecule has 0 aliphatic heterocycles. The molecule has 0 amide bonds. The number of azo groups is 1. The Hall–Kier alpha value is -2.00. The molecule has 0 saturated heterocycles. The van der Waals surface area contributed by atoms with E-state index in [-0.39, 0.29) is 26.6 Å². The first-order valence-electron chi connectivity index (χ1n) is 6.09. The predicted molar refractivity (Wildman–Crippen MR) is 78.3 cm³/mol. The molecule has 2 aromatic carbocycles. The molecule has 0 heterocycles. The zero-order valence-electron chi connectivity index (χ0n) is 11.6. The summed E-state index contributed by atoms with van der Waals surface area (Å²) in [7, 11) is 3.93. The van der Waals surface area contributed by atoms with Crippen molar-refractivity contribution >= 4 is 23.0 Å². The molecule has 0 unspecified atom stereocenters. The molecule has 0 spiro atoms. The van der Waals surface area contributed by atoms with Gasteiger partial charge < -0.3 is 10.0 Å². The standard InChI is InChI=1S/C15H15N3O2.Pt/c1-18(2)14-8-6-12(7-9-14)16-17-13-5-3-4-11(10-13)15(19)20;/h3-10H,1-2H3,(H,19,20);/q;+2. The van der Waals surface area contributed by atoms with Gasteiger partial charge in [0.05, 0.1) is 16.9 Å². The van der Waals surface area contributed by atoms with E-state index >= 15 is 0 Å². The second-order valence-corrected chi connectivity index (χ2v) is 4.47. The van der Waals surface area contributed by atoms with Crippen LogP contribution in [-0.4, -0.2) is 25.2 Å². The molecule has 0 fully saturated rings. The van der Waals surface area contributed by atoms with E-state index in [1.165, 1.54) is 12.1 Å². The first-order valence-corrected chi connectivity index (χ1v) is 6.09. The molecule has 0 bridgehead atoms. The number of anilines is 1. The van der Waals surface area contributed by atoms with Crippen LogP contribution in [0.5, 0.6) is 0 Å². The van der Waals surface area contributed by atoms with Crippen molar-refractivity contribution in [2.24, 2.45) is 10.2 Å². The third kappa shape index (κ3) is 4.79. The van der Waals surface area contributed by atoms with Crippen LogP contribution in [-0.2, 0) is 21.1 Å². The van der Waals surface area contributed by atoms with Crippen LogP contribution >= 0.6 is 0 Å². The Labute approximate surface area is 137 Å². The van der Waals surface area contributed by atoms with E-state index in [1.54, 1.807) is 12.1 Å². The zero-order valence-corrected chi connectivity index (χ0v) is 13.9. The van der Waals surface area contributed by atoms with Gasteiger partial charge in [0.2, 0.25) is 0 Å². The number of carboxylic acids is 1. The molecule has 0 atom stereocenters. The first-order chi connectivity index (χ1) is 9.56. The number of hydrogen-bond donors (Lipinski definition) is 1. The van der Waals surface area contributed by atoms with E-state index in [1.807, 2.05) is 43.3 Å². The van der Waals surface area contributed by atoms with Crippen LogP contribution in [0.1, 0.15) is 10.4 Å². The van der Waals surface area contributed by atoms with Gasteiger partial charge >= 0.3 is 27.0 Å². The summed E-state index contributed by atoms with van der Waals surface area (Å²) in [5.74, 6) is -0.975. The van der Waals surface area contributed by atoms with E-state index in [9.17, 15) is 4.79 Å². The van der Waals surface area contributed by atoms with Crippen LogP contribution in [0.3, 0.4) is 0 Å². The van der Waals surface area contributed by atoms with Gasteiger partial charge in [-0.05, 0) is 42.5 Å². The van der Waals surface area contributed by atoms with Crippen LogP contribution in [0.15, 0.2) is 58.8 Å². The molecule has 6 heteroatoms. The van der Waals surface area contributed by atoms with Crippen molar-refractivity contribution in [1.29, 1.82) is 0 Å². The normalized spacial score (nSPS) is 10.2. The summed E-state index contributed by atoms with van der Waals surface area (Å²) < 4.78 is 0. The van der Waals surface area contributed by atoms with Gasteiger partial charge in [-0.1, -0.05) is 6.07 Å². The maximum absolute atomic E-state index is 10.9. The molecule has 21 heavy (non-hydrogen) atoms. The summed E-state index contributed by atoms with van der Waals surface area (Å²) in [4.78, 5) is 12.8. The zero-order chi connectivity index (χ0) is 14.5. The van der Waals surface area contributed by atoms with Crippen molar-refractivity contribution < 1.29 is 31.0 Å². The van der Waals surface area contributed by atoms with Gasteiger partial charge in [-0.3, -0.25) is 0 Å². The molecule has 5 nitrogen and oxygen atoms in total. The van der Waals surface area contributed by atoms with Gasteiger partial charge in [-0.25, -0.2) is 4.79 Å². The van der Waals surface area contributed by atoms with Crippen molar-refractivity contribution in [3.05, 3.63) is 54.1 Å². The van der Waals surface area contributed by atoms with E-state index in [0.29, 0.717) is 5.69 Å². The van der Waals surface area contributed by atoms with Gasteiger partial charge in [0, 0.05) is 19.8 Å². The quantitative estimate of drug-likeness (QED) is 0.699. The summed E-state index contributed by atoms with van der Waals surface area (Å²) in [5, 5.41) is 17.0. The summed E-state index contributed by atoms with van der Waals surface area (Å²) >= 11 is 0. The predicted octanol–water partition coefficient (Wildman–Crippen LogP) is 3.86. The molecule has 2 rings (SSSR count). The van der Waals surface area contributed by atoms with Crippen molar-refractivity contribution in [2.45, 2.75) is 0 Å². The number of nitrogens with zero attached hydrogens (tertiary/aromatic N) is 3. The van der Waals surface area contributed by atoms with Crippen molar-refractivity contribution in [3.8, 4) is 0 Å². The van der Waals surface area contributed by atoms with Crippen molar-refractivity contribution in [2.75, 3.05) is 19.0 Å². The minimum absolute atomic E-state index is 0. The number of carbonyl (C=O) groups is 1. The molecule has 0 aromatic heterocycles. The average molecular weight is 464 g/mol. The number of carboxylic acid groups (broad SMARTS) is 1. The van der Waals surface area contributed by atoms with Gasteiger partial charge in [-0.15, -0.1) is 0 Å². The van der Waals surface area contributed by atoms with Gasteiger partial charge in [0.1, 0.15) is 0 Å². The third-order valence-electron chi connectivity index (χ3n) is 2.74. The second-order valence-electron chi connectivity index (χ2n) is 4.47. The number of hydrogen-bond acceptors (Lipinski definition) is 4. The summed E-state index contributed by atoms with van der Waals surface area (Å²) in [6, 6.07) is 14.0. The van der Waals surface area contributed by atoms with Gasteiger partial charge in [0.15, 0.2) is 0 Å². The van der Waals surface area contributed by atoms with E-state index in [2.05, 4.69) is 10.2 Å². The van der Waals surface area contributed by atoms with E-state index in [4.69, 9.17) is 5.11 Å². The van der Waals surface area contributed by atoms with Crippen LogP contribution in [0.4, 0.5) is 17.1 Å². The second kappa shape index (κ2) is 7.69. The maximum Gasteiger partial charge on any atom is 2.00 e. The summed E-state index contributed by atoms with van der Waals surface area (Å²) in [5.41, 5.74) is 2.51. The van der Waals surface area contributed by atoms with Crippen molar-refractivity contribution in [1.82, 2.24) is 0 Å². The SMILES string of the molecule is CN(C)c1ccc(N=Nc2cccc(C(=O)O)c2)cc1.[Pt+2]. The molecule has 0 saturated carbocycles. The monoisotopic (exact) mass is 464 g/mol. The Bertz CT molecular complexity index is 640. The fourth-order valence-electron chi connectivity index (χ4n) is 1.63. The first kappa shape index (κ1) is 17.1. The molecular weight excluding hydrogens is 449 g/mol. The molecule has 0 aliphatic rings. The van der Waals surface area contributed by atoms with Crippen LogP contribution in [0, 0.1) is 0 Å². The number of benzene rings is 2. The average Bonchev–Trinajstić information content (AvgIpc) is 2.46. The fourth-order valence-corrected chi connectivity index (χ4v) is 1.63. The largest absolute Gasteiger partial charge is 2.00 e. The minimum atomic E-state index is -0.975. The summed E-state index contributed by atoms with van der Waals surface area (Å²) in [6.07, 6.45) is 0. The van der Waals surface area contributed by atoms with Gasteiger partial charge in [-0.2, -0.15) is 10.2 Å². The number of aromatic carboxylic acids is 1. The van der Waals surface area contributed by atoms with Crippen molar-refractivity contribution in [3.63, 3.8) is 0 Å². The van der Waals surface area contributed by atoms with Gasteiger partial charge in [0.25, 0.3) is 0 Å². The Balaban J connectivity index is 0.00000220. The topological polar surface area (TPSA) is 65.3 Å². The molecular formula is C15H15N3O2Pt+2. The van der Waals surface area contributed by atoms with Crippen LogP contribution in [0.25, 0.3) is 0 Å². The maximum atomic E-state index is 10.9. The minimum Gasteiger partial charge on any atom is -0.478 e. The van der Waals surface area contributed by atoms with E-state index < -0.39 is 5.97 Å². The molecule has 2 aromatic rings. The molecule has 110 valence electrons. The molecule has 0 radical (unpaired) electrons. The molecule has 0 aliphatic carbocycles. The van der Waals surface area contributed by atoms with Crippen LogP contribution in [0.2, 0.25) is 0 Å². The van der Waals surface area contributed by atoms with Crippen LogP contribution < -0.4 is 4.90 Å². The summed E-state index contributed by atoms with van der Waals surface area (Å²) in [6.45, 7) is 0. The Morgan fingerprint density at radius 1 is 1.00 bits per heavy atom. The Kier molecular flexibility index (Phi) is 6.25. The smallest absolute Gasteiger partial charge is 0.478 e. The van der Waals surface area contributed by atoms with E-state index in [0.717, 1.165) is 11.4 Å². The molecule has 1 N–H and O–H groups in total. The fraction of sp³-hybridized carbons (Fsp3) is 0.133. The number of rotatable bonds is 4. The third-order valence-corrected chi connectivity index (χ3v) is 2.74.